The molecule has 15 aromatic rings. The van der Waals surface area contributed by atoms with Crippen LogP contribution in [-0.2, 0) is 37.0 Å². The molecule has 0 bridgehead atoms. The van der Waals surface area contributed by atoms with Crippen molar-refractivity contribution in [2.24, 2.45) is 0 Å². The Balaban J connectivity index is 0.000000142. The van der Waals surface area contributed by atoms with Crippen LogP contribution >= 0.6 is 83.2 Å². The average Bonchev–Trinajstić information content (AvgIpc) is 0.821. The summed E-state index contributed by atoms with van der Waals surface area (Å²) in [7, 11) is 25.3. The van der Waals surface area contributed by atoms with Crippen LogP contribution in [0.5, 0.6) is 0 Å². The molecule has 0 N–H and O–H groups in total. The molecule has 0 aliphatic carbocycles. The Labute approximate surface area is 709 Å². The van der Waals surface area contributed by atoms with E-state index in [9.17, 15) is 0 Å². The number of hydrogen-bond donors (Lipinski definition) is 0. The van der Waals surface area contributed by atoms with E-state index in [1.807, 2.05) is 0 Å². The molecule has 9 atom stereocenters. The van der Waals surface area contributed by atoms with Crippen LogP contribution in [0.4, 0.5) is 0 Å². The van der Waals surface area contributed by atoms with Crippen molar-refractivity contribution in [2.75, 3.05) is 0 Å². The fraction of sp³-hybridized carbons (Fsp3) is 0.151. The first-order chi connectivity index (χ1) is 55.5. The molecule has 115 heavy (non-hydrogen) atoms. The standard InChI is InChI=1S/2C22H25P3.2C21H21P.C20H19P/c1-15-2-5-19(18-8-9-20(13-24)21(10-18)14-25)11-22(15)17-6-3-16(12-23)4-7-17;1-15-8-20(17-4-2-16(12-23)3-5-17)11-21(9-15)18-6-7-19(13-24)22(10-18)14-25;1-14-4-6-17(7-5-14)19-10-15(2)11-20(13-19)18-8-9-21(22)16(3)12-18;1-14-7-9-20(15(2)11-14)17-5-4-6-18(13-17)21-10-8-19(22)12-16(21)3;1-14-6-8-16(9-7-14)17-4-3-5-18(13-17)19-10-11-20(21)15(2)12-19/h2*2-11H,12-14,23-25H2,1H3;2*4-13H,22H2,1-3H3;3-13H,21H2,1-2H3. The van der Waals surface area contributed by atoms with Gasteiger partial charge < -0.3 is 0 Å². The molecule has 15 rings (SSSR count). The van der Waals surface area contributed by atoms with Gasteiger partial charge in [0.1, 0.15) is 0 Å². The maximum Gasteiger partial charge on any atom is -0.0125 e. The minimum absolute atomic E-state index is 0.993. The topological polar surface area (TPSA) is 0 Å². The predicted molar refractivity (Wildman–Crippen MR) is 542 cm³/mol. The van der Waals surface area contributed by atoms with Crippen LogP contribution in [0.3, 0.4) is 0 Å². The first-order valence-corrected chi connectivity index (χ1v) is 46.1. The zero-order chi connectivity index (χ0) is 81.8. The van der Waals surface area contributed by atoms with Crippen LogP contribution in [0, 0.1) is 69.2 Å². The Kier molecular flexibility index (Phi) is 32.5. The van der Waals surface area contributed by atoms with Crippen molar-refractivity contribution >= 4 is 99.1 Å². The van der Waals surface area contributed by atoms with Crippen molar-refractivity contribution in [1.29, 1.82) is 0 Å². The van der Waals surface area contributed by atoms with Crippen LogP contribution in [0.1, 0.15) is 89.0 Å². The number of hydrogen-bond acceptors (Lipinski definition) is 0. The molecule has 580 valence electrons. The number of aryl methyl sites for hydroxylation is 10. The molecule has 0 radical (unpaired) electrons. The Morgan fingerprint density at radius 2 is 0.496 bits per heavy atom. The minimum Gasteiger partial charge on any atom is -0.133 e. The van der Waals surface area contributed by atoms with E-state index in [4.69, 9.17) is 0 Å². The second-order valence-electron chi connectivity index (χ2n) is 30.2. The summed E-state index contributed by atoms with van der Waals surface area (Å²) in [5.74, 6) is 0. The zero-order valence-corrected chi connectivity index (χ0v) is 78.8. The third-order valence-corrected chi connectivity index (χ3v) is 25.7. The second kappa shape index (κ2) is 42.5. The first kappa shape index (κ1) is 88.0. The van der Waals surface area contributed by atoms with E-state index in [0.29, 0.717) is 0 Å². The van der Waals surface area contributed by atoms with Gasteiger partial charge in [-0.1, -0.05) is 296 Å². The highest BCUT2D eigenvalue weighted by Crippen LogP contribution is 2.37. The van der Waals surface area contributed by atoms with E-state index in [1.165, 1.54) is 216 Å². The summed E-state index contributed by atoms with van der Waals surface area (Å²) >= 11 is 0. The van der Waals surface area contributed by atoms with Crippen LogP contribution < -0.4 is 15.9 Å². The predicted octanol–water partition coefficient (Wildman–Crippen LogP) is 28.9. The number of rotatable bonds is 16. The Hall–Kier alpha value is -7.83. The summed E-state index contributed by atoms with van der Waals surface area (Å²) in [6.45, 7) is 21.6. The van der Waals surface area contributed by atoms with Gasteiger partial charge in [-0.2, -0.15) is 0 Å². The highest BCUT2D eigenvalue weighted by molar-refractivity contribution is 7.28. The molecule has 9 unspecified atom stereocenters. The van der Waals surface area contributed by atoms with Gasteiger partial charge in [0.2, 0.25) is 0 Å². The van der Waals surface area contributed by atoms with Crippen LogP contribution in [0.25, 0.3) is 111 Å². The molecule has 0 aliphatic heterocycles. The maximum absolute atomic E-state index is 2.85. The molecule has 0 saturated heterocycles. The van der Waals surface area contributed by atoms with E-state index >= 15 is 0 Å². The lowest BCUT2D eigenvalue weighted by atomic mass is 9.93. The van der Waals surface area contributed by atoms with Crippen molar-refractivity contribution in [1.82, 2.24) is 0 Å². The van der Waals surface area contributed by atoms with Crippen LogP contribution in [0.2, 0.25) is 0 Å². The van der Waals surface area contributed by atoms with E-state index < -0.39 is 0 Å². The van der Waals surface area contributed by atoms with Gasteiger partial charge in [0.05, 0.1) is 0 Å². The van der Waals surface area contributed by atoms with Crippen molar-refractivity contribution in [3.63, 3.8) is 0 Å². The fourth-order valence-electron chi connectivity index (χ4n) is 14.5. The summed E-state index contributed by atoms with van der Waals surface area (Å²) in [4.78, 5) is 0. The lowest BCUT2D eigenvalue weighted by molar-refractivity contribution is 1.28. The highest BCUT2D eigenvalue weighted by Gasteiger charge is 2.14. The quantitative estimate of drug-likeness (QED) is 0.0846. The van der Waals surface area contributed by atoms with Gasteiger partial charge in [-0.3, -0.25) is 0 Å². The van der Waals surface area contributed by atoms with Gasteiger partial charge in [-0.25, -0.2) is 0 Å². The SMILES string of the molecule is Cc1cc(-c2ccc(CP)cc2)cc(-c2ccc(CP)c(CP)c2)c1.Cc1ccc(-c2cc(C)cc(-c3ccc(P)c(C)c3)c2)cc1.Cc1ccc(-c2ccc(CP)c(CP)c2)cc1-c1ccc(CP)cc1.Cc1ccc(-c2cccc(-c3ccc(P)c(C)c3)c2)cc1.Cc1ccc(-c2cccc(-c3ccc(P)cc3C)c2)c(C)c1. The van der Waals surface area contributed by atoms with Gasteiger partial charge in [0.25, 0.3) is 0 Å². The molecule has 9 heteroatoms. The van der Waals surface area contributed by atoms with Gasteiger partial charge >= 0.3 is 0 Å². The van der Waals surface area contributed by atoms with E-state index in [-0.39, 0.29) is 0 Å². The summed E-state index contributed by atoms with van der Waals surface area (Å²) in [6, 6.07) is 113. The molecule has 0 spiro atoms. The third-order valence-electron chi connectivity index (χ3n) is 21.3. The molecule has 0 nitrogen and oxygen atoms in total. The van der Waals surface area contributed by atoms with Crippen molar-refractivity contribution in [3.8, 4) is 111 Å². The zero-order valence-electron chi connectivity index (χ0n) is 68.4. The van der Waals surface area contributed by atoms with Crippen molar-refractivity contribution in [3.05, 3.63) is 398 Å². The smallest absolute Gasteiger partial charge is 0.0125 e. The average molecular weight is 1660 g/mol. The summed E-state index contributed by atoms with van der Waals surface area (Å²) in [6.07, 6.45) is 5.99. The lowest BCUT2D eigenvalue weighted by Gasteiger charge is -2.13. The van der Waals surface area contributed by atoms with Gasteiger partial charge in [0.15, 0.2) is 0 Å². The van der Waals surface area contributed by atoms with Crippen LogP contribution in [-0.4, -0.2) is 0 Å². The van der Waals surface area contributed by atoms with E-state index in [0.717, 1.165) is 37.0 Å². The minimum atomic E-state index is 0.993. The van der Waals surface area contributed by atoms with Crippen LogP contribution in [0.15, 0.2) is 309 Å². The molecule has 0 heterocycles. The number of benzene rings is 15. The van der Waals surface area contributed by atoms with Crippen molar-refractivity contribution in [2.45, 2.75) is 106 Å². The lowest BCUT2D eigenvalue weighted by Crippen LogP contribution is -1.96. The summed E-state index contributed by atoms with van der Waals surface area (Å²) in [5, 5.41) is 3.75. The van der Waals surface area contributed by atoms with Gasteiger partial charge in [-0.15, -0.1) is 83.2 Å². The molecule has 0 aromatic heterocycles. The van der Waals surface area contributed by atoms with E-state index in [2.05, 4.69) is 462 Å². The summed E-state index contributed by atoms with van der Waals surface area (Å²) in [5.41, 5.74) is 47.1. The molecule has 15 aromatic carbocycles. The molecular weight excluding hydrogens is 1550 g/mol. The Morgan fingerprint density at radius 1 is 0.174 bits per heavy atom. The first-order valence-electron chi connectivity index (χ1n) is 39.5. The highest BCUT2D eigenvalue weighted by atomic mass is 31.0. The monoisotopic (exact) mass is 1660 g/mol. The molecule has 0 aliphatic rings. The molecule has 0 fully saturated rings. The summed E-state index contributed by atoms with van der Waals surface area (Å²) < 4.78 is 0. The molecule has 0 amide bonds. The molecular formula is C106H111P9. The Bertz CT molecular complexity index is 5750. The van der Waals surface area contributed by atoms with Crippen molar-refractivity contribution < 1.29 is 0 Å². The van der Waals surface area contributed by atoms with Gasteiger partial charge in [0, 0.05) is 0 Å². The van der Waals surface area contributed by atoms with E-state index in [1.54, 1.807) is 0 Å². The Morgan fingerprint density at radius 3 is 0.939 bits per heavy atom. The van der Waals surface area contributed by atoms with Gasteiger partial charge in [-0.05, 0) is 336 Å². The third kappa shape index (κ3) is 24.0. The molecule has 0 saturated carbocycles. The normalized spacial score (nSPS) is 10.8. The largest absolute Gasteiger partial charge is 0.133 e. The second-order valence-corrected chi connectivity index (χ2v) is 34.6. The fourth-order valence-corrected chi connectivity index (χ4v) is 17.3. The maximum atomic E-state index is 2.85.